The van der Waals surface area contributed by atoms with Crippen molar-refractivity contribution in [3.63, 3.8) is 0 Å². The summed E-state index contributed by atoms with van der Waals surface area (Å²) in [6.45, 7) is -0.442. The highest BCUT2D eigenvalue weighted by molar-refractivity contribution is 6.31. The largest absolute Gasteiger partial charge is 0.394 e. The molecule has 0 amide bonds. The van der Waals surface area contributed by atoms with Gasteiger partial charge in [-0.25, -0.2) is 15.0 Å². The summed E-state index contributed by atoms with van der Waals surface area (Å²) in [6, 6.07) is 4.40. The van der Waals surface area contributed by atoms with E-state index in [4.69, 9.17) is 16.3 Å². The molecular weight excluding hydrogens is 420 g/mol. The maximum atomic E-state index is 11.3. The second-order valence-electron chi connectivity index (χ2n) is 6.62. The van der Waals surface area contributed by atoms with E-state index in [1.807, 2.05) is 0 Å². The molecule has 1 aromatic carbocycles. The normalized spacial score (nSPS) is 23.7. The van der Waals surface area contributed by atoms with E-state index in [0.29, 0.717) is 22.5 Å². The molecule has 3 aromatic rings. The quantitative estimate of drug-likeness (QED) is 0.317. The van der Waals surface area contributed by atoms with Crippen molar-refractivity contribution in [1.29, 1.82) is 0 Å². The van der Waals surface area contributed by atoms with Gasteiger partial charge in [-0.3, -0.25) is 14.7 Å². The number of anilines is 1. The molecule has 3 heterocycles. The highest BCUT2D eigenvalue weighted by Gasteiger charge is 2.44. The topological polar surface area (TPSA) is 169 Å². The molecular formula is C17H17ClN6O6. The molecule has 1 unspecified atom stereocenters. The highest BCUT2D eigenvalue weighted by atomic mass is 35.5. The van der Waals surface area contributed by atoms with E-state index < -0.39 is 36.1 Å². The fourth-order valence-corrected chi connectivity index (χ4v) is 3.58. The molecule has 0 radical (unpaired) electrons. The molecule has 0 saturated carbocycles. The minimum Gasteiger partial charge on any atom is -0.394 e. The molecule has 12 nitrogen and oxygen atoms in total. The van der Waals surface area contributed by atoms with Crippen LogP contribution in [0.2, 0.25) is 5.02 Å². The van der Waals surface area contributed by atoms with E-state index in [1.54, 1.807) is 6.07 Å². The number of halogens is 1. The average Bonchev–Trinajstić information content (AvgIpc) is 3.28. The highest BCUT2D eigenvalue weighted by Crippen LogP contribution is 2.32. The van der Waals surface area contributed by atoms with Crippen LogP contribution in [0.1, 0.15) is 11.8 Å². The third-order valence-corrected chi connectivity index (χ3v) is 5.23. The number of nitro groups is 1. The molecule has 1 saturated heterocycles. The van der Waals surface area contributed by atoms with Gasteiger partial charge < -0.3 is 25.4 Å². The summed E-state index contributed by atoms with van der Waals surface area (Å²) >= 11 is 6.12. The number of aliphatic hydroxyl groups excluding tert-OH is 3. The van der Waals surface area contributed by atoms with Crippen molar-refractivity contribution in [3.8, 4) is 0 Å². The summed E-state index contributed by atoms with van der Waals surface area (Å²) in [4.78, 5) is 23.3. The Labute approximate surface area is 173 Å². The number of nitrogens with zero attached hydrogens (tertiary/aromatic N) is 5. The van der Waals surface area contributed by atoms with Gasteiger partial charge in [0.15, 0.2) is 23.2 Å². The number of benzene rings is 1. The number of imidazole rings is 1. The lowest BCUT2D eigenvalue weighted by Gasteiger charge is -2.16. The Morgan fingerprint density at radius 2 is 2.07 bits per heavy atom. The summed E-state index contributed by atoms with van der Waals surface area (Å²) in [5.41, 5.74) is 0.789. The standard InChI is InChI=1S/C17H17ClN6O6/c18-9-2-1-3-10(24(28)29)8(9)4-19-15-12-16(21-6-20-15)23(7-22-12)17-14(27)13(26)11(5-25)30-17/h1-3,6-7,11,13-14,17,25-27H,4-5H2,(H,19,20,21)/t11-,13-,14-,17?/m1/s1. The van der Waals surface area contributed by atoms with Crippen molar-refractivity contribution in [3.05, 3.63) is 51.6 Å². The predicted molar refractivity (Wildman–Crippen MR) is 104 cm³/mol. The Morgan fingerprint density at radius 3 is 2.77 bits per heavy atom. The zero-order valence-corrected chi connectivity index (χ0v) is 16.0. The number of ether oxygens (including phenoxy) is 1. The first-order chi connectivity index (χ1) is 14.4. The van der Waals surface area contributed by atoms with Gasteiger partial charge in [-0.05, 0) is 6.07 Å². The van der Waals surface area contributed by atoms with Gasteiger partial charge in [-0.1, -0.05) is 17.7 Å². The number of aromatic nitrogens is 4. The molecule has 4 N–H and O–H groups in total. The number of hydrogen-bond acceptors (Lipinski definition) is 10. The van der Waals surface area contributed by atoms with Gasteiger partial charge in [0.1, 0.15) is 24.6 Å². The molecule has 1 aliphatic heterocycles. The molecule has 1 aliphatic rings. The molecule has 2 aromatic heterocycles. The van der Waals surface area contributed by atoms with Gasteiger partial charge in [0.25, 0.3) is 5.69 Å². The van der Waals surface area contributed by atoms with E-state index in [2.05, 4.69) is 20.3 Å². The summed E-state index contributed by atoms with van der Waals surface area (Å²) in [7, 11) is 0. The number of nitrogens with one attached hydrogen (secondary N) is 1. The van der Waals surface area contributed by atoms with E-state index in [1.165, 1.54) is 29.4 Å². The monoisotopic (exact) mass is 436 g/mol. The van der Waals surface area contributed by atoms with Crippen LogP contribution >= 0.6 is 11.6 Å². The van der Waals surface area contributed by atoms with Crippen LogP contribution in [0.3, 0.4) is 0 Å². The first kappa shape index (κ1) is 20.4. The second kappa shape index (κ2) is 8.08. The van der Waals surface area contributed by atoms with Crippen LogP contribution in [-0.2, 0) is 11.3 Å². The minimum atomic E-state index is -1.29. The molecule has 4 rings (SSSR count). The van der Waals surface area contributed by atoms with Crippen LogP contribution in [0.25, 0.3) is 11.2 Å². The third kappa shape index (κ3) is 3.44. The van der Waals surface area contributed by atoms with Gasteiger partial charge in [-0.15, -0.1) is 0 Å². The van der Waals surface area contributed by atoms with Gasteiger partial charge >= 0.3 is 0 Å². The van der Waals surface area contributed by atoms with Crippen LogP contribution < -0.4 is 5.32 Å². The maximum absolute atomic E-state index is 11.3. The second-order valence-corrected chi connectivity index (χ2v) is 7.03. The van der Waals surface area contributed by atoms with E-state index in [-0.39, 0.29) is 17.3 Å². The SMILES string of the molecule is O=[N+]([O-])c1cccc(Cl)c1CNc1ncnc2c1ncn2C1O[C@H](CO)[C@@H](O)[C@H]1O. The van der Waals surface area contributed by atoms with Gasteiger partial charge in [0.2, 0.25) is 0 Å². The van der Waals surface area contributed by atoms with Crippen LogP contribution in [0.15, 0.2) is 30.9 Å². The molecule has 0 bridgehead atoms. The van der Waals surface area contributed by atoms with Crippen molar-refractivity contribution >= 4 is 34.3 Å². The van der Waals surface area contributed by atoms with Gasteiger partial charge in [0.05, 0.1) is 28.4 Å². The van der Waals surface area contributed by atoms with Crippen molar-refractivity contribution < 1.29 is 25.0 Å². The zero-order chi connectivity index (χ0) is 21.4. The van der Waals surface area contributed by atoms with Crippen molar-refractivity contribution in [2.45, 2.75) is 31.1 Å². The lowest BCUT2D eigenvalue weighted by atomic mass is 10.1. The molecule has 30 heavy (non-hydrogen) atoms. The number of hydrogen-bond donors (Lipinski definition) is 4. The first-order valence-electron chi connectivity index (χ1n) is 8.88. The molecule has 13 heteroatoms. The van der Waals surface area contributed by atoms with E-state index in [0.717, 1.165) is 0 Å². The van der Waals surface area contributed by atoms with Crippen LogP contribution in [-0.4, -0.2) is 64.7 Å². The summed E-state index contributed by atoms with van der Waals surface area (Å²) in [6.07, 6.45) is -1.89. The first-order valence-corrected chi connectivity index (χ1v) is 9.25. The summed E-state index contributed by atoms with van der Waals surface area (Å²) in [5.74, 6) is 0.291. The Hall–Kier alpha value is -2.90. The molecule has 0 spiro atoms. The lowest BCUT2D eigenvalue weighted by molar-refractivity contribution is -0.385. The Balaban J connectivity index is 1.63. The number of nitro benzene ring substituents is 1. The maximum Gasteiger partial charge on any atom is 0.275 e. The van der Waals surface area contributed by atoms with Crippen LogP contribution in [0.5, 0.6) is 0 Å². The van der Waals surface area contributed by atoms with Gasteiger partial charge in [0, 0.05) is 12.6 Å². The smallest absolute Gasteiger partial charge is 0.275 e. The zero-order valence-electron chi connectivity index (χ0n) is 15.3. The Bertz CT molecular complexity index is 1090. The van der Waals surface area contributed by atoms with Crippen LogP contribution in [0, 0.1) is 10.1 Å². The molecule has 158 valence electrons. The number of fused-ring (bicyclic) bond motifs is 1. The van der Waals surface area contributed by atoms with Crippen molar-refractivity contribution in [2.24, 2.45) is 0 Å². The predicted octanol–water partition coefficient (Wildman–Crippen LogP) is 0.611. The molecule has 4 atom stereocenters. The van der Waals surface area contributed by atoms with Crippen LogP contribution in [0.4, 0.5) is 11.5 Å². The van der Waals surface area contributed by atoms with E-state index in [9.17, 15) is 25.4 Å². The number of rotatable bonds is 6. The summed E-state index contributed by atoms with van der Waals surface area (Å²) < 4.78 is 6.93. The van der Waals surface area contributed by atoms with Crippen molar-refractivity contribution in [1.82, 2.24) is 19.5 Å². The van der Waals surface area contributed by atoms with Crippen molar-refractivity contribution in [2.75, 3.05) is 11.9 Å². The van der Waals surface area contributed by atoms with E-state index >= 15 is 0 Å². The third-order valence-electron chi connectivity index (χ3n) is 4.87. The summed E-state index contributed by atoms with van der Waals surface area (Å²) in [5, 5.41) is 44.0. The Kier molecular flexibility index (Phi) is 5.49. The molecule has 0 aliphatic carbocycles. The van der Waals surface area contributed by atoms with Gasteiger partial charge in [-0.2, -0.15) is 0 Å². The molecule has 1 fully saturated rings. The lowest BCUT2D eigenvalue weighted by Crippen LogP contribution is -2.33. The minimum absolute atomic E-state index is 0.0167. The number of aliphatic hydroxyl groups is 3. The fraction of sp³-hybridized carbons (Fsp3) is 0.353. The average molecular weight is 437 g/mol. The fourth-order valence-electron chi connectivity index (χ4n) is 3.34. The Morgan fingerprint density at radius 1 is 1.27 bits per heavy atom.